The van der Waals surface area contributed by atoms with E-state index in [1.807, 2.05) is 0 Å². The number of hydrogen-bond acceptors (Lipinski definition) is 2. The minimum Gasteiger partial charge on any atom is -0.369 e. The van der Waals surface area contributed by atoms with Crippen molar-refractivity contribution in [3.8, 4) is 0 Å². The number of primary amides is 1. The quantitative estimate of drug-likeness (QED) is 0.534. The summed E-state index contributed by atoms with van der Waals surface area (Å²) in [6.07, 6.45) is 0. The van der Waals surface area contributed by atoms with Crippen molar-refractivity contribution in [2.75, 3.05) is 5.33 Å². The van der Waals surface area contributed by atoms with Gasteiger partial charge in [0.2, 0.25) is 11.8 Å². The molecule has 0 aromatic rings. The van der Waals surface area contributed by atoms with Crippen LogP contribution in [-0.2, 0) is 9.59 Å². The minimum atomic E-state index is -0.329. The zero-order valence-electron chi connectivity index (χ0n) is 5.36. The molecule has 0 aliphatic heterocycles. The van der Waals surface area contributed by atoms with Crippen LogP contribution in [0.4, 0.5) is 0 Å². The zero-order valence-corrected chi connectivity index (χ0v) is 8.53. The van der Waals surface area contributed by atoms with Crippen LogP contribution >= 0.6 is 32.1 Å². The topological polar surface area (TPSA) is 72.2 Å². The van der Waals surface area contributed by atoms with Gasteiger partial charge in [-0.3, -0.25) is 13.9 Å². The lowest BCUT2D eigenvalue weighted by Gasteiger charge is -1.76. The van der Waals surface area contributed by atoms with E-state index >= 15 is 0 Å². The average molecular weight is 276 g/mol. The maximum atomic E-state index is 9.65. The van der Waals surface area contributed by atoms with E-state index < -0.39 is 0 Å². The second-order valence-electron chi connectivity index (χ2n) is 1.25. The second kappa shape index (κ2) is 8.90. The van der Waals surface area contributed by atoms with Crippen molar-refractivity contribution in [3.63, 3.8) is 0 Å². The van der Waals surface area contributed by atoms with Gasteiger partial charge >= 0.3 is 0 Å². The van der Waals surface area contributed by atoms with Crippen LogP contribution in [0.2, 0.25) is 0 Å². The summed E-state index contributed by atoms with van der Waals surface area (Å²) in [5.41, 5.74) is 4.61. The van der Waals surface area contributed by atoms with Gasteiger partial charge < -0.3 is 5.73 Å². The van der Waals surface area contributed by atoms with Gasteiger partial charge in [0.15, 0.2) is 0 Å². The van der Waals surface area contributed by atoms with Gasteiger partial charge in [0.25, 0.3) is 0 Å². The first kappa shape index (κ1) is 12.6. The summed E-state index contributed by atoms with van der Waals surface area (Å²) in [7, 11) is 0. The van der Waals surface area contributed by atoms with Gasteiger partial charge in [0.1, 0.15) is 0 Å². The molecule has 0 aliphatic carbocycles. The number of carbonyl (C=O) groups is 2. The summed E-state index contributed by atoms with van der Waals surface area (Å²) >= 11 is 5.55. The lowest BCUT2D eigenvalue weighted by atomic mass is 10.8. The molecule has 0 aromatic heterocycles. The molecule has 60 valence electrons. The zero-order chi connectivity index (χ0) is 8.57. The van der Waals surface area contributed by atoms with Crippen molar-refractivity contribution in [1.29, 1.82) is 0 Å². The number of nitrogens with two attached hydrogens (primary N) is 1. The van der Waals surface area contributed by atoms with Crippen LogP contribution in [0.3, 0.4) is 0 Å². The Labute approximate surface area is 76.0 Å². The summed E-state index contributed by atoms with van der Waals surface area (Å²) in [6, 6.07) is 0. The van der Waals surface area contributed by atoms with Crippen LogP contribution in [0.25, 0.3) is 0 Å². The maximum Gasteiger partial charge on any atom is 0.228 e. The lowest BCUT2D eigenvalue weighted by Crippen LogP contribution is -2.10. The number of rotatable bonds is 1. The predicted molar refractivity (Wildman–Crippen MR) is 45.7 cm³/mol. The van der Waals surface area contributed by atoms with E-state index in [2.05, 4.69) is 42.2 Å². The molecular formula is C4H8Br2N2O2. The second-order valence-corrected chi connectivity index (χ2v) is 2.21. The number of nitrogens with one attached hydrogen (secondary N) is 1. The maximum absolute atomic E-state index is 9.65. The Morgan fingerprint density at radius 3 is 1.80 bits per heavy atom. The van der Waals surface area contributed by atoms with E-state index in [-0.39, 0.29) is 17.1 Å². The molecule has 0 aromatic carbocycles. The van der Waals surface area contributed by atoms with E-state index in [4.69, 9.17) is 0 Å². The van der Waals surface area contributed by atoms with E-state index in [1.54, 1.807) is 0 Å². The van der Waals surface area contributed by atoms with Crippen molar-refractivity contribution < 1.29 is 9.59 Å². The number of hydrogen-bond donors (Lipinski definition) is 2. The van der Waals surface area contributed by atoms with Crippen LogP contribution in [-0.4, -0.2) is 17.1 Å². The number of carbonyl (C=O) groups excluding carboxylic acids is 2. The molecule has 0 spiro atoms. The molecule has 0 heterocycles. The third-order valence-corrected chi connectivity index (χ3v) is 1.38. The fraction of sp³-hybridized carbons (Fsp3) is 0.500. The summed E-state index contributed by atoms with van der Waals surface area (Å²) < 4.78 is 2.20. The van der Waals surface area contributed by atoms with Crippen LogP contribution in [0.1, 0.15) is 6.92 Å². The first-order chi connectivity index (χ1) is 4.54. The number of halogens is 2. The highest BCUT2D eigenvalue weighted by Gasteiger charge is 1.79. The fourth-order valence-electron chi connectivity index (χ4n) is 0. The molecule has 0 saturated carbocycles. The Bertz CT molecular complexity index is 104. The Balaban J connectivity index is 0. The van der Waals surface area contributed by atoms with Crippen LogP contribution in [0, 0.1) is 0 Å². The van der Waals surface area contributed by atoms with E-state index in [9.17, 15) is 9.59 Å². The van der Waals surface area contributed by atoms with Gasteiger partial charge in [0, 0.05) is 23.1 Å². The molecule has 10 heavy (non-hydrogen) atoms. The molecule has 4 nitrogen and oxygen atoms in total. The first-order valence-corrected chi connectivity index (χ1v) is 4.17. The molecule has 2 amide bonds. The van der Waals surface area contributed by atoms with Gasteiger partial charge in [-0.25, -0.2) is 0 Å². The summed E-state index contributed by atoms with van der Waals surface area (Å²) in [4.78, 5) is 19.2. The Morgan fingerprint density at radius 2 is 1.80 bits per heavy atom. The largest absolute Gasteiger partial charge is 0.369 e. The van der Waals surface area contributed by atoms with E-state index in [0.717, 1.165) is 0 Å². The van der Waals surface area contributed by atoms with Crippen molar-refractivity contribution in [1.82, 2.24) is 4.34 Å². The standard InChI is InChI=1S/2C2H4BrNO/c1-2(5)4-3;3-1-2(4)5/h1H3,(H,4,5);1H2,(H2,4,5). The van der Waals surface area contributed by atoms with Gasteiger partial charge in [-0.2, -0.15) is 0 Å². The number of alkyl halides is 1. The monoisotopic (exact) mass is 274 g/mol. The van der Waals surface area contributed by atoms with Crippen LogP contribution in [0.5, 0.6) is 0 Å². The Hall–Kier alpha value is -0.100. The third-order valence-electron chi connectivity index (χ3n) is 0.265. The predicted octanol–water partition coefficient (Wildman–Crippen LogP) is 0.299. The van der Waals surface area contributed by atoms with Gasteiger partial charge in [-0.15, -0.1) is 0 Å². The molecule has 3 N–H and O–H groups in total. The van der Waals surface area contributed by atoms with Crippen molar-refractivity contribution >= 4 is 43.9 Å². The minimum absolute atomic E-state index is 0.0787. The summed E-state index contributed by atoms with van der Waals surface area (Å²) in [5.74, 6) is -0.407. The molecule has 6 heteroatoms. The van der Waals surface area contributed by atoms with Gasteiger partial charge in [0.05, 0.1) is 5.33 Å². The molecule has 0 unspecified atom stereocenters. The lowest BCUT2D eigenvalue weighted by molar-refractivity contribution is -0.117. The molecule has 0 saturated heterocycles. The first-order valence-electron chi connectivity index (χ1n) is 2.26. The molecule has 0 atom stereocenters. The van der Waals surface area contributed by atoms with Gasteiger partial charge in [-0.05, 0) is 0 Å². The smallest absolute Gasteiger partial charge is 0.228 e. The van der Waals surface area contributed by atoms with Crippen molar-refractivity contribution in [3.05, 3.63) is 0 Å². The molecule has 0 bridgehead atoms. The fourth-order valence-corrected chi connectivity index (χ4v) is 0. The van der Waals surface area contributed by atoms with Gasteiger partial charge in [-0.1, -0.05) is 15.9 Å². The highest BCUT2D eigenvalue weighted by atomic mass is 79.9. The average Bonchev–Trinajstić information content (AvgIpc) is 1.89. The van der Waals surface area contributed by atoms with Crippen LogP contribution < -0.4 is 10.1 Å². The third kappa shape index (κ3) is 24.7. The molecule has 0 aliphatic rings. The SMILES string of the molecule is CC(=O)NBr.NC(=O)CBr. The molecule has 0 fully saturated rings. The summed E-state index contributed by atoms with van der Waals surface area (Å²) in [6.45, 7) is 1.43. The summed E-state index contributed by atoms with van der Waals surface area (Å²) in [5, 5.41) is 0.257. The normalized spacial score (nSPS) is 7.10. The van der Waals surface area contributed by atoms with E-state index in [1.165, 1.54) is 6.92 Å². The molecule has 0 radical (unpaired) electrons. The molecular weight excluding hydrogens is 268 g/mol. The number of amides is 2. The van der Waals surface area contributed by atoms with Crippen LogP contribution in [0.15, 0.2) is 0 Å². The Morgan fingerprint density at radius 1 is 1.60 bits per heavy atom. The van der Waals surface area contributed by atoms with E-state index in [0.29, 0.717) is 0 Å². The molecule has 0 rings (SSSR count). The Kier molecular flexibility index (Phi) is 11.2. The highest BCUT2D eigenvalue weighted by molar-refractivity contribution is 9.09. The van der Waals surface area contributed by atoms with Crippen molar-refractivity contribution in [2.45, 2.75) is 6.92 Å². The highest BCUT2D eigenvalue weighted by Crippen LogP contribution is 1.71. The van der Waals surface area contributed by atoms with Crippen molar-refractivity contribution in [2.24, 2.45) is 5.73 Å².